The highest BCUT2D eigenvalue weighted by Gasteiger charge is 2.34. The van der Waals surface area contributed by atoms with Crippen LogP contribution in [0.5, 0.6) is 5.75 Å². The highest BCUT2D eigenvalue weighted by Crippen LogP contribution is 2.39. The molecule has 0 saturated carbocycles. The Bertz CT molecular complexity index is 814. The minimum atomic E-state index is -0.227. The second-order valence-electron chi connectivity index (χ2n) is 7.58. The first kappa shape index (κ1) is 17.7. The van der Waals surface area contributed by atoms with Gasteiger partial charge in [0.15, 0.2) is 5.11 Å². The fourth-order valence-electron chi connectivity index (χ4n) is 3.37. The Balaban J connectivity index is 1.80. The molecule has 0 amide bonds. The van der Waals surface area contributed by atoms with Crippen LogP contribution in [0.25, 0.3) is 0 Å². The largest absolute Gasteiger partial charge is 0.487 e. The molecule has 1 unspecified atom stereocenters. The van der Waals surface area contributed by atoms with Crippen LogP contribution in [0.15, 0.2) is 36.4 Å². The summed E-state index contributed by atoms with van der Waals surface area (Å²) in [5.41, 5.74) is 5.64. The molecule has 4 heteroatoms. The van der Waals surface area contributed by atoms with Gasteiger partial charge in [0.1, 0.15) is 11.4 Å². The zero-order valence-corrected chi connectivity index (χ0v) is 16.4. The first-order valence-electron chi connectivity index (χ1n) is 8.68. The van der Waals surface area contributed by atoms with Gasteiger partial charge in [-0.25, -0.2) is 0 Å². The van der Waals surface area contributed by atoms with Gasteiger partial charge in [-0.2, -0.15) is 0 Å². The van der Waals surface area contributed by atoms with E-state index in [0.29, 0.717) is 5.11 Å². The molecule has 0 spiro atoms. The van der Waals surface area contributed by atoms with Crippen molar-refractivity contribution < 1.29 is 4.74 Å². The summed E-state index contributed by atoms with van der Waals surface area (Å²) in [5.74, 6) is 0.939. The second-order valence-corrected chi connectivity index (χ2v) is 7.98. The number of fused-ring (bicyclic) bond motifs is 1. The number of benzene rings is 2. The van der Waals surface area contributed by atoms with Crippen LogP contribution in [0.3, 0.4) is 0 Å². The number of aryl methyl sites for hydroxylation is 3. The predicted molar refractivity (Wildman–Crippen MR) is 109 cm³/mol. The Morgan fingerprint density at radius 3 is 2.48 bits per heavy atom. The summed E-state index contributed by atoms with van der Waals surface area (Å²) in [6.07, 6.45) is 0.859. The van der Waals surface area contributed by atoms with Crippen molar-refractivity contribution in [3.8, 4) is 5.75 Å². The zero-order valence-electron chi connectivity index (χ0n) is 15.6. The molecule has 1 aliphatic rings. The Morgan fingerprint density at radius 1 is 1.08 bits per heavy atom. The molecule has 1 aliphatic heterocycles. The third-order valence-corrected chi connectivity index (χ3v) is 4.78. The lowest BCUT2D eigenvalue weighted by atomic mass is 9.89. The van der Waals surface area contributed by atoms with E-state index in [2.05, 4.69) is 81.7 Å². The summed E-state index contributed by atoms with van der Waals surface area (Å²) in [4.78, 5) is 0. The molecule has 25 heavy (non-hydrogen) atoms. The van der Waals surface area contributed by atoms with Crippen molar-refractivity contribution in [2.45, 2.75) is 52.7 Å². The molecule has 0 bridgehead atoms. The molecule has 0 aliphatic carbocycles. The first-order valence-corrected chi connectivity index (χ1v) is 9.09. The molecular weight excluding hydrogens is 328 g/mol. The average Bonchev–Trinajstić information content (AvgIpc) is 2.50. The van der Waals surface area contributed by atoms with Gasteiger partial charge in [-0.1, -0.05) is 35.4 Å². The third-order valence-electron chi connectivity index (χ3n) is 4.56. The molecule has 2 N–H and O–H groups in total. The number of hydrogen-bond donors (Lipinski definition) is 2. The van der Waals surface area contributed by atoms with Crippen LogP contribution in [-0.2, 0) is 0 Å². The summed E-state index contributed by atoms with van der Waals surface area (Å²) < 4.78 is 6.13. The van der Waals surface area contributed by atoms with Crippen LogP contribution in [0.1, 0.15) is 48.6 Å². The van der Waals surface area contributed by atoms with Crippen molar-refractivity contribution in [2.24, 2.45) is 0 Å². The summed E-state index contributed by atoms with van der Waals surface area (Å²) >= 11 is 5.58. The molecule has 0 saturated heterocycles. The fourth-order valence-corrected chi connectivity index (χ4v) is 3.63. The molecular formula is C21H26N2OS. The number of ether oxygens (including phenoxy) is 1. The maximum atomic E-state index is 6.13. The number of nitrogens with one attached hydrogen (secondary N) is 2. The smallest absolute Gasteiger partial charge is 0.171 e. The molecule has 3 nitrogen and oxygen atoms in total. The number of thiocarbonyl (C=S) groups is 1. The number of rotatable bonds is 2. The van der Waals surface area contributed by atoms with E-state index in [-0.39, 0.29) is 11.6 Å². The minimum absolute atomic E-state index is 0.129. The van der Waals surface area contributed by atoms with Gasteiger partial charge in [-0.3, -0.25) is 0 Å². The molecule has 0 aromatic heterocycles. The van der Waals surface area contributed by atoms with E-state index in [0.717, 1.165) is 17.9 Å². The third kappa shape index (κ3) is 4.13. The van der Waals surface area contributed by atoms with E-state index in [1.54, 1.807) is 0 Å². The molecule has 0 radical (unpaired) electrons. The SMILES string of the molecule is Cc1ccc(NC(=S)NC2CC(C)(C)Oc3ccc(C)cc32)c(C)c1. The Morgan fingerprint density at radius 2 is 1.76 bits per heavy atom. The van der Waals surface area contributed by atoms with Crippen molar-refractivity contribution in [1.29, 1.82) is 0 Å². The topological polar surface area (TPSA) is 33.3 Å². The lowest BCUT2D eigenvalue weighted by molar-refractivity contribution is 0.0696. The normalized spacial score (nSPS) is 18.0. The van der Waals surface area contributed by atoms with Crippen molar-refractivity contribution in [1.82, 2.24) is 5.32 Å². The van der Waals surface area contributed by atoms with Gasteiger partial charge in [0, 0.05) is 17.7 Å². The van der Waals surface area contributed by atoms with Crippen LogP contribution in [0.4, 0.5) is 5.69 Å². The van der Waals surface area contributed by atoms with E-state index in [1.165, 1.54) is 22.3 Å². The molecule has 3 rings (SSSR count). The Hall–Kier alpha value is -2.07. The quantitative estimate of drug-likeness (QED) is 0.726. The van der Waals surface area contributed by atoms with Gasteiger partial charge in [-0.05, 0) is 64.5 Å². The van der Waals surface area contributed by atoms with Gasteiger partial charge in [0.25, 0.3) is 0 Å². The molecule has 1 heterocycles. The van der Waals surface area contributed by atoms with E-state index < -0.39 is 0 Å². The van der Waals surface area contributed by atoms with Gasteiger partial charge in [0.2, 0.25) is 0 Å². The molecule has 2 aromatic rings. The molecule has 132 valence electrons. The standard InChI is InChI=1S/C21H26N2OS/c1-13-6-8-17(15(3)10-13)22-20(25)23-18-12-21(4,5)24-19-9-7-14(2)11-16(18)19/h6-11,18H,12H2,1-5H3,(H2,22,23,25). The van der Waals surface area contributed by atoms with Crippen LogP contribution < -0.4 is 15.4 Å². The highest BCUT2D eigenvalue weighted by atomic mass is 32.1. The van der Waals surface area contributed by atoms with Crippen molar-refractivity contribution in [3.05, 3.63) is 58.7 Å². The molecule has 1 atom stereocenters. The summed E-state index contributed by atoms with van der Waals surface area (Å²) in [7, 11) is 0. The van der Waals surface area contributed by atoms with E-state index in [9.17, 15) is 0 Å². The van der Waals surface area contributed by atoms with Gasteiger partial charge in [0.05, 0.1) is 6.04 Å². The molecule has 2 aromatic carbocycles. The number of hydrogen-bond acceptors (Lipinski definition) is 2. The fraction of sp³-hybridized carbons (Fsp3) is 0.381. The lowest BCUT2D eigenvalue weighted by Gasteiger charge is -2.38. The van der Waals surface area contributed by atoms with Gasteiger partial charge >= 0.3 is 0 Å². The minimum Gasteiger partial charge on any atom is -0.487 e. The number of anilines is 1. The predicted octanol–water partition coefficient (Wildman–Crippen LogP) is 5.20. The van der Waals surface area contributed by atoms with Crippen molar-refractivity contribution in [2.75, 3.05) is 5.32 Å². The van der Waals surface area contributed by atoms with Gasteiger partial charge in [-0.15, -0.1) is 0 Å². The Labute approximate surface area is 155 Å². The van der Waals surface area contributed by atoms with E-state index in [1.807, 2.05) is 0 Å². The Kier molecular flexibility index (Phi) is 4.74. The van der Waals surface area contributed by atoms with E-state index >= 15 is 0 Å². The summed E-state index contributed by atoms with van der Waals surface area (Å²) in [6.45, 7) is 10.5. The van der Waals surface area contributed by atoms with Crippen molar-refractivity contribution >= 4 is 23.0 Å². The summed E-state index contributed by atoms with van der Waals surface area (Å²) in [5, 5.41) is 7.47. The maximum absolute atomic E-state index is 6.13. The van der Waals surface area contributed by atoms with Crippen molar-refractivity contribution in [3.63, 3.8) is 0 Å². The van der Waals surface area contributed by atoms with Crippen LogP contribution >= 0.6 is 12.2 Å². The molecule has 0 fully saturated rings. The van der Waals surface area contributed by atoms with Gasteiger partial charge < -0.3 is 15.4 Å². The van der Waals surface area contributed by atoms with Crippen LogP contribution in [0.2, 0.25) is 0 Å². The summed E-state index contributed by atoms with van der Waals surface area (Å²) in [6, 6.07) is 12.8. The average molecular weight is 355 g/mol. The second kappa shape index (κ2) is 6.68. The lowest BCUT2D eigenvalue weighted by Crippen LogP contribution is -2.42. The van der Waals surface area contributed by atoms with Crippen LogP contribution in [-0.4, -0.2) is 10.7 Å². The maximum Gasteiger partial charge on any atom is 0.171 e. The van der Waals surface area contributed by atoms with E-state index in [4.69, 9.17) is 17.0 Å². The highest BCUT2D eigenvalue weighted by molar-refractivity contribution is 7.80. The monoisotopic (exact) mass is 354 g/mol. The first-order chi connectivity index (χ1) is 11.7. The zero-order chi connectivity index (χ0) is 18.2. The van der Waals surface area contributed by atoms with Crippen LogP contribution in [0, 0.1) is 20.8 Å².